The van der Waals surface area contributed by atoms with Crippen molar-refractivity contribution in [1.82, 2.24) is 0 Å². The third-order valence-corrected chi connectivity index (χ3v) is 3.33. The van der Waals surface area contributed by atoms with Crippen LogP contribution in [-0.4, -0.2) is 6.21 Å². The van der Waals surface area contributed by atoms with Gasteiger partial charge in [-0.15, -0.1) is 0 Å². The molecule has 0 aliphatic carbocycles. The Morgan fingerprint density at radius 3 is 2.39 bits per heavy atom. The first-order valence-electron chi connectivity index (χ1n) is 6.20. The summed E-state index contributed by atoms with van der Waals surface area (Å²) < 4.78 is 0. The van der Waals surface area contributed by atoms with Gasteiger partial charge in [0, 0.05) is 6.21 Å². The predicted molar refractivity (Wildman–Crippen MR) is 76.8 cm³/mol. The van der Waals surface area contributed by atoms with Crippen molar-refractivity contribution in [2.45, 2.75) is 13.0 Å². The summed E-state index contributed by atoms with van der Waals surface area (Å²) in [5, 5.41) is 0. The SMILES string of the molecule is Cc1ccccc1C1C=C(c2ccccc2)C=N1. The zero-order valence-electron chi connectivity index (χ0n) is 10.4. The molecular weight excluding hydrogens is 218 g/mol. The Balaban J connectivity index is 1.94. The van der Waals surface area contributed by atoms with Crippen LogP contribution >= 0.6 is 0 Å². The third-order valence-electron chi connectivity index (χ3n) is 3.33. The van der Waals surface area contributed by atoms with E-state index in [1.54, 1.807) is 0 Å². The number of benzene rings is 2. The zero-order chi connectivity index (χ0) is 12.4. The van der Waals surface area contributed by atoms with Crippen LogP contribution in [0.3, 0.4) is 0 Å². The molecule has 2 aromatic carbocycles. The molecule has 3 rings (SSSR count). The van der Waals surface area contributed by atoms with Crippen molar-refractivity contribution in [1.29, 1.82) is 0 Å². The molecule has 1 nitrogen and oxygen atoms in total. The van der Waals surface area contributed by atoms with Gasteiger partial charge in [0.15, 0.2) is 0 Å². The second kappa shape index (κ2) is 4.61. The molecule has 0 N–H and O–H groups in total. The summed E-state index contributed by atoms with van der Waals surface area (Å²) in [7, 11) is 0. The molecule has 1 atom stereocenters. The maximum absolute atomic E-state index is 4.61. The van der Waals surface area contributed by atoms with Crippen molar-refractivity contribution in [2.24, 2.45) is 4.99 Å². The van der Waals surface area contributed by atoms with Crippen LogP contribution in [0.5, 0.6) is 0 Å². The van der Waals surface area contributed by atoms with Crippen molar-refractivity contribution in [3.63, 3.8) is 0 Å². The molecule has 0 amide bonds. The van der Waals surface area contributed by atoms with E-state index in [-0.39, 0.29) is 6.04 Å². The smallest absolute Gasteiger partial charge is 0.0942 e. The average Bonchev–Trinajstić information content (AvgIpc) is 2.90. The van der Waals surface area contributed by atoms with Gasteiger partial charge in [0.25, 0.3) is 0 Å². The second-order valence-electron chi connectivity index (χ2n) is 4.57. The van der Waals surface area contributed by atoms with E-state index in [1.807, 2.05) is 12.3 Å². The van der Waals surface area contributed by atoms with Crippen LogP contribution in [0, 0.1) is 6.92 Å². The van der Waals surface area contributed by atoms with Crippen LogP contribution in [-0.2, 0) is 0 Å². The van der Waals surface area contributed by atoms with Crippen LogP contribution in [0.1, 0.15) is 22.7 Å². The van der Waals surface area contributed by atoms with Crippen molar-refractivity contribution in [3.05, 3.63) is 77.4 Å². The maximum Gasteiger partial charge on any atom is 0.0942 e. The predicted octanol–water partition coefficient (Wildman–Crippen LogP) is 4.20. The Kier molecular flexibility index (Phi) is 2.81. The first-order valence-corrected chi connectivity index (χ1v) is 6.20. The minimum absolute atomic E-state index is 0.168. The minimum Gasteiger partial charge on any atom is -0.280 e. The van der Waals surface area contributed by atoms with E-state index in [4.69, 9.17) is 0 Å². The lowest BCUT2D eigenvalue weighted by molar-refractivity contribution is 0.923. The monoisotopic (exact) mass is 233 g/mol. The largest absolute Gasteiger partial charge is 0.280 e. The fraction of sp³-hybridized carbons (Fsp3) is 0.118. The van der Waals surface area contributed by atoms with E-state index in [9.17, 15) is 0 Å². The van der Waals surface area contributed by atoms with E-state index < -0.39 is 0 Å². The molecule has 0 fully saturated rings. The van der Waals surface area contributed by atoms with Gasteiger partial charge < -0.3 is 0 Å². The Labute approximate surface area is 108 Å². The van der Waals surface area contributed by atoms with E-state index >= 15 is 0 Å². The highest BCUT2D eigenvalue weighted by atomic mass is 14.8. The van der Waals surface area contributed by atoms with E-state index in [1.165, 1.54) is 22.3 Å². The Morgan fingerprint density at radius 2 is 1.61 bits per heavy atom. The zero-order valence-corrected chi connectivity index (χ0v) is 10.4. The summed E-state index contributed by atoms with van der Waals surface area (Å²) in [6.07, 6.45) is 4.21. The number of aliphatic imine (C=N–C) groups is 1. The van der Waals surface area contributed by atoms with Crippen LogP contribution in [0.4, 0.5) is 0 Å². The Hall–Kier alpha value is -2.15. The number of rotatable bonds is 2. The lowest BCUT2D eigenvalue weighted by atomic mass is 10.00. The quantitative estimate of drug-likeness (QED) is 0.737. The highest BCUT2D eigenvalue weighted by Gasteiger charge is 2.15. The van der Waals surface area contributed by atoms with Gasteiger partial charge in [-0.05, 0) is 35.3 Å². The molecule has 0 bridgehead atoms. The van der Waals surface area contributed by atoms with Gasteiger partial charge in [0.05, 0.1) is 6.04 Å². The molecule has 88 valence electrons. The number of hydrogen-bond acceptors (Lipinski definition) is 1. The number of aryl methyl sites for hydroxylation is 1. The van der Waals surface area contributed by atoms with Gasteiger partial charge in [-0.25, -0.2) is 0 Å². The van der Waals surface area contributed by atoms with Crippen molar-refractivity contribution in [3.8, 4) is 0 Å². The van der Waals surface area contributed by atoms with Gasteiger partial charge in [-0.3, -0.25) is 4.99 Å². The number of nitrogens with zero attached hydrogens (tertiary/aromatic N) is 1. The first kappa shape index (κ1) is 11.0. The molecule has 1 heterocycles. The van der Waals surface area contributed by atoms with Gasteiger partial charge in [-0.2, -0.15) is 0 Å². The van der Waals surface area contributed by atoms with Gasteiger partial charge >= 0.3 is 0 Å². The van der Waals surface area contributed by atoms with Crippen LogP contribution in [0.15, 0.2) is 65.7 Å². The molecule has 1 unspecified atom stereocenters. The molecule has 1 aliphatic heterocycles. The first-order chi connectivity index (χ1) is 8.84. The van der Waals surface area contributed by atoms with Gasteiger partial charge in [0.2, 0.25) is 0 Å². The van der Waals surface area contributed by atoms with E-state index in [0.29, 0.717) is 0 Å². The van der Waals surface area contributed by atoms with E-state index in [2.05, 4.69) is 66.5 Å². The highest BCUT2D eigenvalue weighted by Crippen LogP contribution is 2.30. The van der Waals surface area contributed by atoms with Crippen LogP contribution < -0.4 is 0 Å². The summed E-state index contributed by atoms with van der Waals surface area (Å²) in [6, 6.07) is 19.0. The molecule has 0 spiro atoms. The summed E-state index contributed by atoms with van der Waals surface area (Å²) >= 11 is 0. The summed E-state index contributed by atoms with van der Waals surface area (Å²) in [5.74, 6) is 0. The van der Waals surface area contributed by atoms with Crippen molar-refractivity contribution >= 4 is 11.8 Å². The summed E-state index contributed by atoms with van der Waals surface area (Å²) in [4.78, 5) is 4.61. The highest BCUT2D eigenvalue weighted by molar-refractivity contribution is 6.11. The van der Waals surface area contributed by atoms with Gasteiger partial charge in [-0.1, -0.05) is 54.6 Å². The molecule has 2 aromatic rings. The van der Waals surface area contributed by atoms with Crippen LogP contribution in [0.25, 0.3) is 5.57 Å². The molecule has 1 heteroatoms. The maximum atomic E-state index is 4.61. The fourth-order valence-electron chi connectivity index (χ4n) is 2.31. The fourth-order valence-corrected chi connectivity index (χ4v) is 2.31. The minimum atomic E-state index is 0.168. The third kappa shape index (κ3) is 2.00. The standard InChI is InChI=1S/C17H15N/c1-13-7-5-6-10-16(13)17-11-15(12-18-17)14-8-3-2-4-9-14/h2-12,17H,1H3. The number of allylic oxidation sites excluding steroid dienone is 1. The van der Waals surface area contributed by atoms with Gasteiger partial charge in [0.1, 0.15) is 0 Å². The molecular formula is C17H15N. The normalized spacial score (nSPS) is 17.8. The molecule has 1 aliphatic rings. The topological polar surface area (TPSA) is 12.4 Å². The summed E-state index contributed by atoms with van der Waals surface area (Å²) in [6.45, 7) is 2.14. The summed E-state index contributed by atoms with van der Waals surface area (Å²) in [5.41, 5.74) is 5.03. The van der Waals surface area contributed by atoms with Crippen molar-refractivity contribution in [2.75, 3.05) is 0 Å². The molecule has 0 radical (unpaired) electrons. The molecule has 0 saturated carbocycles. The second-order valence-corrected chi connectivity index (χ2v) is 4.57. The Morgan fingerprint density at radius 1 is 0.889 bits per heavy atom. The van der Waals surface area contributed by atoms with Crippen molar-refractivity contribution < 1.29 is 0 Å². The average molecular weight is 233 g/mol. The molecule has 18 heavy (non-hydrogen) atoms. The molecule has 0 saturated heterocycles. The number of hydrogen-bond donors (Lipinski definition) is 0. The van der Waals surface area contributed by atoms with Crippen LogP contribution in [0.2, 0.25) is 0 Å². The Bertz CT molecular complexity index is 609. The lowest BCUT2D eigenvalue weighted by Gasteiger charge is -2.08. The molecule has 0 aromatic heterocycles. The van der Waals surface area contributed by atoms with E-state index in [0.717, 1.165) is 0 Å². The lowest BCUT2D eigenvalue weighted by Crippen LogP contribution is -1.92.